The summed E-state index contributed by atoms with van der Waals surface area (Å²) in [7, 11) is 1.56. The highest BCUT2D eigenvalue weighted by molar-refractivity contribution is 6.34. The fourth-order valence-corrected chi connectivity index (χ4v) is 2.22. The van der Waals surface area contributed by atoms with Gasteiger partial charge >= 0.3 is 5.97 Å². The number of methoxy groups -OCH3 is 1. The number of benzene rings is 1. The van der Waals surface area contributed by atoms with Crippen LogP contribution in [0.5, 0.6) is 5.75 Å². The molecular formula is C16H20ClN3O4. The average Bonchev–Trinajstić information content (AvgIpc) is 2.44. The van der Waals surface area contributed by atoms with Gasteiger partial charge < -0.3 is 19.9 Å². The van der Waals surface area contributed by atoms with Crippen LogP contribution >= 0.6 is 11.6 Å². The molecule has 0 aliphatic heterocycles. The molecule has 7 nitrogen and oxygen atoms in total. The minimum atomic E-state index is -0.642. The molecule has 0 bridgehead atoms. The lowest BCUT2D eigenvalue weighted by Gasteiger charge is -2.21. The molecule has 1 heterocycles. The van der Waals surface area contributed by atoms with Gasteiger partial charge in [-0.3, -0.25) is 0 Å². The van der Waals surface area contributed by atoms with Gasteiger partial charge in [-0.2, -0.15) is 0 Å². The number of rotatable bonds is 5. The first-order valence-electron chi connectivity index (χ1n) is 7.33. The van der Waals surface area contributed by atoms with Crippen LogP contribution in [0.1, 0.15) is 31.1 Å². The van der Waals surface area contributed by atoms with Crippen LogP contribution in [-0.4, -0.2) is 41.9 Å². The van der Waals surface area contributed by atoms with Crippen LogP contribution in [0.25, 0.3) is 10.9 Å². The largest absolute Gasteiger partial charge is 0.490 e. The first kappa shape index (κ1) is 18.2. The van der Waals surface area contributed by atoms with Gasteiger partial charge in [0, 0.05) is 18.6 Å². The molecule has 0 spiro atoms. The lowest BCUT2D eigenvalue weighted by molar-refractivity contribution is 0.00651. The van der Waals surface area contributed by atoms with E-state index in [2.05, 4.69) is 9.97 Å². The Morgan fingerprint density at radius 3 is 2.58 bits per heavy atom. The normalized spacial score (nSPS) is 11.5. The minimum Gasteiger partial charge on any atom is -0.490 e. The van der Waals surface area contributed by atoms with Crippen molar-refractivity contribution < 1.29 is 19.0 Å². The molecule has 2 rings (SSSR count). The molecule has 0 fully saturated rings. The number of nitrogens with two attached hydrogens (primary N) is 1. The molecule has 1 aromatic heterocycles. The predicted molar refractivity (Wildman–Crippen MR) is 91.5 cm³/mol. The lowest BCUT2D eigenvalue weighted by atomic mass is 10.1. The molecule has 0 radical (unpaired) electrons. The van der Waals surface area contributed by atoms with Gasteiger partial charge in [-0.15, -0.1) is 0 Å². The summed E-state index contributed by atoms with van der Waals surface area (Å²) in [5.74, 6) is -0.159. The topological polar surface area (TPSA) is 96.6 Å². The van der Waals surface area contributed by atoms with Crippen molar-refractivity contribution in [1.82, 2.24) is 9.97 Å². The maximum atomic E-state index is 12.5. The van der Waals surface area contributed by atoms with Gasteiger partial charge in [0.1, 0.15) is 28.7 Å². The number of hydrogen-bond acceptors (Lipinski definition) is 7. The molecule has 0 aliphatic carbocycles. The Labute approximate surface area is 145 Å². The van der Waals surface area contributed by atoms with Crippen molar-refractivity contribution in [3.8, 4) is 5.75 Å². The smallest absolute Gasteiger partial charge is 0.342 e. The Hall–Kier alpha value is -2.12. The maximum Gasteiger partial charge on any atom is 0.342 e. The van der Waals surface area contributed by atoms with Crippen molar-refractivity contribution in [2.45, 2.75) is 26.4 Å². The van der Waals surface area contributed by atoms with Crippen molar-refractivity contribution in [3.63, 3.8) is 0 Å². The molecule has 0 atom stereocenters. The van der Waals surface area contributed by atoms with Crippen molar-refractivity contribution in [3.05, 3.63) is 22.8 Å². The Morgan fingerprint density at radius 2 is 1.96 bits per heavy atom. The van der Waals surface area contributed by atoms with E-state index in [1.165, 1.54) is 0 Å². The Balaban J connectivity index is 2.52. The summed E-state index contributed by atoms with van der Waals surface area (Å²) in [4.78, 5) is 20.5. The highest BCUT2D eigenvalue weighted by Gasteiger charge is 2.23. The first-order chi connectivity index (χ1) is 11.2. The van der Waals surface area contributed by atoms with E-state index in [1.807, 2.05) is 0 Å². The summed E-state index contributed by atoms with van der Waals surface area (Å²) >= 11 is 6.11. The van der Waals surface area contributed by atoms with Gasteiger partial charge in [0.05, 0.1) is 12.1 Å². The van der Waals surface area contributed by atoms with Crippen molar-refractivity contribution in [2.75, 3.05) is 26.1 Å². The fraction of sp³-hybridized carbons (Fsp3) is 0.438. The monoisotopic (exact) mass is 353 g/mol. The van der Waals surface area contributed by atoms with E-state index in [1.54, 1.807) is 40.0 Å². The summed E-state index contributed by atoms with van der Waals surface area (Å²) in [5, 5.41) is 0.650. The van der Waals surface area contributed by atoms with E-state index in [0.717, 1.165) is 0 Å². The molecule has 0 aliphatic rings. The number of carbonyl (C=O) groups is 1. The van der Waals surface area contributed by atoms with Crippen LogP contribution in [0.2, 0.25) is 5.15 Å². The number of aromatic nitrogens is 2. The summed E-state index contributed by atoms with van der Waals surface area (Å²) in [5.41, 5.74) is 5.70. The Kier molecular flexibility index (Phi) is 5.46. The van der Waals surface area contributed by atoms with Gasteiger partial charge in [-0.25, -0.2) is 14.8 Å². The van der Waals surface area contributed by atoms with Gasteiger partial charge in [0.15, 0.2) is 0 Å². The van der Waals surface area contributed by atoms with Crippen LogP contribution in [0.15, 0.2) is 12.1 Å². The van der Waals surface area contributed by atoms with E-state index in [4.69, 9.17) is 31.5 Å². The van der Waals surface area contributed by atoms with E-state index >= 15 is 0 Å². The van der Waals surface area contributed by atoms with E-state index < -0.39 is 11.6 Å². The van der Waals surface area contributed by atoms with Gasteiger partial charge in [0.2, 0.25) is 5.95 Å². The molecule has 0 saturated carbocycles. The molecule has 0 amide bonds. The summed E-state index contributed by atoms with van der Waals surface area (Å²) < 4.78 is 16.0. The number of anilines is 1. The summed E-state index contributed by atoms with van der Waals surface area (Å²) in [6, 6.07) is 3.14. The number of halogens is 1. The molecule has 0 unspecified atom stereocenters. The Bertz CT molecular complexity index is 759. The quantitative estimate of drug-likeness (QED) is 0.501. The number of nitrogens with zero attached hydrogens (tertiary/aromatic N) is 2. The van der Waals surface area contributed by atoms with Gasteiger partial charge in [-0.05, 0) is 26.8 Å². The second-order valence-corrected chi connectivity index (χ2v) is 6.44. The molecule has 0 saturated heterocycles. The molecule has 1 aromatic carbocycles. The number of carbonyl (C=O) groups excluding carboxylic acids is 1. The standard InChI is InChI=1S/C16H20ClN3O4/c1-16(2,3)24-14(21)10-7-9-11(19-15(18)20-13(9)17)8-12(10)23-6-5-22-4/h7-8H,5-6H2,1-4H3,(H2,18,19,20). The van der Waals surface area contributed by atoms with Crippen LogP contribution < -0.4 is 10.5 Å². The maximum absolute atomic E-state index is 12.5. The first-order valence-corrected chi connectivity index (χ1v) is 7.71. The highest BCUT2D eigenvalue weighted by Crippen LogP contribution is 2.30. The van der Waals surface area contributed by atoms with Crippen molar-refractivity contribution in [1.29, 1.82) is 0 Å². The van der Waals surface area contributed by atoms with E-state index in [9.17, 15) is 4.79 Å². The zero-order valence-corrected chi connectivity index (χ0v) is 14.8. The van der Waals surface area contributed by atoms with Crippen molar-refractivity contribution in [2.24, 2.45) is 0 Å². The number of nitrogen functional groups attached to an aromatic ring is 1. The zero-order valence-electron chi connectivity index (χ0n) is 14.1. The van der Waals surface area contributed by atoms with Crippen LogP contribution in [0, 0.1) is 0 Å². The molecule has 8 heteroatoms. The van der Waals surface area contributed by atoms with Crippen LogP contribution in [0.3, 0.4) is 0 Å². The Morgan fingerprint density at radius 1 is 1.25 bits per heavy atom. The number of esters is 1. The molecule has 2 N–H and O–H groups in total. The SMILES string of the molecule is COCCOc1cc2nc(N)nc(Cl)c2cc1C(=O)OC(C)(C)C. The molecule has 2 aromatic rings. The number of hydrogen-bond donors (Lipinski definition) is 1. The third-order valence-electron chi connectivity index (χ3n) is 2.93. The minimum absolute atomic E-state index is 0.0420. The van der Waals surface area contributed by atoms with E-state index in [-0.39, 0.29) is 23.3 Å². The average molecular weight is 354 g/mol. The fourth-order valence-electron chi connectivity index (χ4n) is 1.98. The van der Waals surface area contributed by atoms with Crippen molar-refractivity contribution >= 4 is 34.4 Å². The third-order valence-corrected chi connectivity index (χ3v) is 3.22. The van der Waals surface area contributed by atoms with Crippen LogP contribution in [0.4, 0.5) is 5.95 Å². The summed E-state index contributed by atoms with van der Waals surface area (Å²) in [6.07, 6.45) is 0. The lowest BCUT2D eigenvalue weighted by Crippen LogP contribution is -2.24. The predicted octanol–water partition coefficient (Wildman–Crippen LogP) is 2.85. The summed E-state index contributed by atoms with van der Waals surface area (Å²) in [6.45, 7) is 6.00. The third kappa shape index (κ3) is 4.46. The second kappa shape index (κ2) is 7.19. The van der Waals surface area contributed by atoms with Gasteiger partial charge in [0.25, 0.3) is 0 Å². The number of ether oxygens (including phenoxy) is 3. The second-order valence-electron chi connectivity index (χ2n) is 6.08. The zero-order chi connectivity index (χ0) is 17.9. The molecule has 24 heavy (non-hydrogen) atoms. The van der Waals surface area contributed by atoms with E-state index in [0.29, 0.717) is 23.3 Å². The van der Waals surface area contributed by atoms with Crippen LogP contribution in [-0.2, 0) is 9.47 Å². The van der Waals surface area contributed by atoms with Gasteiger partial charge in [-0.1, -0.05) is 11.6 Å². The number of fused-ring (bicyclic) bond motifs is 1. The highest BCUT2D eigenvalue weighted by atomic mass is 35.5. The molecule has 130 valence electrons. The molecular weight excluding hydrogens is 334 g/mol.